The van der Waals surface area contributed by atoms with Gasteiger partial charge in [0.05, 0.1) is 11.0 Å². The molecule has 1 aliphatic heterocycles. The molecule has 1 fully saturated rings. The molecule has 5 aromatic heterocycles. The van der Waals surface area contributed by atoms with Crippen LogP contribution in [0.25, 0.3) is 55.2 Å². The van der Waals surface area contributed by atoms with Crippen LogP contribution in [0.15, 0.2) is 55.0 Å². The van der Waals surface area contributed by atoms with E-state index in [2.05, 4.69) is 49.1 Å². The maximum absolute atomic E-state index is 15.3. The Hall–Kier alpha value is -3.95. The SMILES string of the molecule is Cc1ccc(-c2ccnc3nc(-c4n[nH]c5cc(F)c(-c6cncc(CN7CCCCC7)c6)cc45)[nH]c23)s1. The Morgan fingerprint density at radius 1 is 1.03 bits per heavy atom. The van der Waals surface area contributed by atoms with Crippen molar-refractivity contribution in [2.45, 2.75) is 32.7 Å². The van der Waals surface area contributed by atoms with Crippen molar-refractivity contribution in [1.29, 1.82) is 0 Å². The number of benzene rings is 1. The van der Waals surface area contributed by atoms with E-state index in [1.807, 2.05) is 24.4 Å². The molecule has 6 aromatic rings. The van der Waals surface area contributed by atoms with Gasteiger partial charge in [0.2, 0.25) is 0 Å². The number of hydrogen-bond donors (Lipinski definition) is 2. The van der Waals surface area contributed by atoms with E-state index >= 15 is 4.39 Å². The van der Waals surface area contributed by atoms with Gasteiger partial charge in [-0.3, -0.25) is 15.0 Å². The highest BCUT2D eigenvalue weighted by atomic mass is 32.1. The molecule has 0 amide bonds. The molecule has 0 saturated carbocycles. The Labute approximate surface area is 222 Å². The number of thiophene rings is 1. The van der Waals surface area contributed by atoms with Gasteiger partial charge in [-0.2, -0.15) is 5.10 Å². The molecule has 0 atom stereocenters. The summed E-state index contributed by atoms with van der Waals surface area (Å²) in [5.74, 6) is 0.278. The van der Waals surface area contributed by atoms with Crippen LogP contribution in [0.3, 0.4) is 0 Å². The van der Waals surface area contributed by atoms with E-state index in [9.17, 15) is 0 Å². The second-order valence-corrected chi connectivity index (χ2v) is 11.2. The van der Waals surface area contributed by atoms with Gasteiger partial charge in [0.25, 0.3) is 0 Å². The molecule has 1 aliphatic rings. The summed E-state index contributed by atoms with van der Waals surface area (Å²) in [5, 5.41) is 8.27. The van der Waals surface area contributed by atoms with Gasteiger partial charge < -0.3 is 4.98 Å². The van der Waals surface area contributed by atoms with Gasteiger partial charge in [-0.25, -0.2) is 14.4 Å². The number of likely N-dealkylation sites (tertiary alicyclic amines) is 1. The van der Waals surface area contributed by atoms with Crippen molar-refractivity contribution in [2.75, 3.05) is 13.1 Å². The molecule has 0 radical (unpaired) electrons. The molecular weight excluding hydrogens is 497 g/mol. The van der Waals surface area contributed by atoms with Gasteiger partial charge in [0.15, 0.2) is 11.5 Å². The number of fused-ring (bicyclic) bond motifs is 2. The van der Waals surface area contributed by atoms with Crippen molar-refractivity contribution in [3.8, 4) is 33.1 Å². The molecule has 38 heavy (non-hydrogen) atoms. The van der Waals surface area contributed by atoms with Crippen LogP contribution in [-0.2, 0) is 6.54 Å². The van der Waals surface area contributed by atoms with Crippen LogP contribution < -0.4 is 0 Å². The normalized spacial score (nSPS) is 14.6. The Morgan fingerprint density at radius 2 is 1.92 bits per heavy atom. The lowest BCUT2D eigenvalue weighted by Gasteiger charge is -2.26. The van der Waals surface area contributed by atoms with Gasteiger partial charge in [-0.1, -0.05) is 6.42 Å². The van der Waals surface area contributed by atoms with Crippen LogP contribution in [0, 0.1) is 12.7 Å². The van der Waals surface area contributed by atoms with E-state index in [-0.39, 0.29) is 5.82 Å². The summed E-state index contributed by atoms with van der Waals surface area (Å²) in [7, 11) is 0. The van der Waals surface area contributed by atoms with Gasteiger partial charge in [0.1, 0.15) is 11.5 Å². The number of aromatic nitrogens is 6. The number of H-pyrrole nitrogens is 2. The fourth-order valence-corrected chi connectivity index (χ4v) is 6.24. The fraction of sp³-hybridized carbons (Fsp3) is 0.241. The molecule has 7 rings (SSSR count). The first-order valence-electron chi connectivity index (χ1n) is 12.9. The maximum Gasteiger partial charge on any atom is 0.178 e. The third-order valence-electron chi connectivity index (χ3n) is 7.23. The fourth-order valence-electron chi connectivity index (χ4n) is 5.34. The van der Waals surface area contributed by atoms with Crippen LogP contribution in [0.2, 0.25) is 0 Å². The Balaban J connectivity index is 1.28. The number of aromatic amines is 2. The molecule has 6 heterocycles. The molecule has 9 heteroatoms. The van der Waals surface area contributed by atoms with Crippen molar-refractivity contribution in [3.63, 3.8) is 0 Å². The van der Waals surface area contributed by atoms with Crippen LogP contribution >= 0.6 is 11.3 Å². The topological polar surface area (TPSA) is 86.4 Å². The lowest BCUT2D eigenvalue weighted by Crippen LogP contribution is -2.29. The highest BCUT2D eigenvalue weighted by molar-refractivity contribution is 7.15. The van der Waals surface area contributed by atoms with Crippen molar-refractivity contribution in [1.82, 2.24) is 35.0 Å². The molecule has 0 aliphatic carbocycles. The average molecular weight is 524 g/mol. The number of pyridine rings is 2. The lowest BCUT2D eigenvalue weighted by atomic mass is 10.0. The van der Waals surface area contributed by atoms with E-state index < -0.39 is 0 Å². The molecule has 1 saturated heterocycles. The van der Waals surface area contributed by atoms with E-state index in [1.165, 1.54) is 30.2 Å². The number of imidazole rings is 1. The standard InChI is InChI=1S/C29H26FN7S/c1-17-5-6-25(38-17)20-7-8-32-28-26(20)33-29(34-28)27-22-12-21(23(30)13-24(22)35-36-27)19-11-18(14-31-15-19)16-37-9-3-2-4-10-37/h5-8,11-15H,2-4,9-10,16H2,1H3,(H,35,36)(H,32,33,34). The number of nitrogens with one attached hydrogen (secondary N) is 2. The van der Waals surface area contributed by atoms with Gasteiger partial charge in [0, 0.05) is 63.0 Å². The van der Waals surface area contributed by atoms with Gasteiger partial charge in [-0.15, -0.1) is 11.3 Å². The molecular formula is C29H26FN7S. The number of hydrogen-bond acceptors (Lipinski definition) is 6. The number of piperidine rings is 1. The number of nitrogens with zero attached hydrogens (tertiary/aromatic N) is 5. The van der Waals surface area contributed by atoms with E-state index in [1.54, 1.807) is 23.7 Å². The molecule has 7 nitrogen and oxygen atoms in total. The Bertz CT molecular complexity index is 1780. The summed E-state index contributed by atoms with van der Waals surface area (Å²) in [4.78, 5) is 21.9. The Morgan fingerprint density at radius 3 is 2.76 bits per heavy atom. The summed E-state index contributed by atoms with van der Waals surface area (Å²) >= 11 is 1.73. The highest BCUT2D eigenvalue weighted by Gasteiger charge is 2.19. The molecule has 0 spiro atoms. The monoisotopic (exact) mass is 523 g/mol. The van der Waals surface area contributed by atoms with Gasteiger partial charge >= 0.3 is 0 Å². The highest BCUT2D eigenvalue weighted by Crippen LogP contribution is 2.35. The summed E-state index contributed by atoms with van der Waals surface area (Å²) in [5.41, 5.74) is 6.12. The molecule has 0 unspecified atom stereocenters. The quantitative estimate of drug-likeness (QED) is 0.262. The molecule has 0 bridgehead atoms. The minimum atomic E-state index is -0.314. The zero-order valence-electron chi connectivity index (χ0n) is 21.0. The smallest absolute Gasteiger partial charge is 0.178 e. The molecule has 190 valence electrons. The number of aryl methyl sites for hydroxylation is 1. The predicted molar refractivity (Wildman–Crippen MR) is 149 cm³/mol. The predicted octanol–water partition coefficient (Wildman–Crippen LogP) is 6.73. The van der Waals surface area contributed by atoms with Crippen molar-refractivity contribution in [2.24, 2.45) is 0 Å². The van der Waals surface area contributed by atoms with Crippen LogP contribution in [0.4, 0.5) is 4.39 Å². The zero-order valence-corrected chi connectivity index (χ0v) is 21.8. The van der Waals surface area contributed by atoms with Crippen LogP contribution in [-0.4, -0.2) is 48.1 Å². The van der Waals surface area contributed by atoms with E-state index in [0.717, 1.165) is 52.1 Å². The van der Waals surface area contributed by atoms with Crippen molar-refractivity contribution in [3.05, 3.63) is 71.2 Å². The summed E-state index contributed by atoms with van der Waals surface area (Å²) in [6.45, 7) is 5.13. The second kappa shape index (κ2) is 9.41. The number of halogens is 1. The first kappa shape index (κ1) is 23.2. The summed E-state index contributed by atoms with van der Waals surface area (Å²) in [6.07, 6.45) is 9.14. The van der Waals surface area contributed by atoms with E-state index in [4.69, 9.17) is 4.98 Å². The van der Waals surface area contributed by atoms with Crippen molar-refractivity contribution < 1.29 is 4.39 Å². The number of rotatable bonds is 5. The van der Waals surface area contributed by atoms with Gasteiger partial charge in [-0.05, 0) is 68.8 Å². The summed E-state index contributed by atoms with van der Waals surface area (Å²) in [6, 6.07) is 11.6. The molecule has 2 N–H and O–H groups in total. The minimum absolute atomic E-state index is 0.314. The third kappa shape index (κ3) is 4.17. The first-order valence-corrected chi connectivity index (χ1v) is 13.7. The summed E-state index contributed by atoms with van der Waals surface area (Å²) < 4.78 is 15.3. The van der Waals surface area contributed by atoms with E-state index in [0.29, 0.717) is 28.2 Å². The lowest BCUT2D eigenvalue weighted by molar-refractivity contribution is 0.220. The maximum atomic E-state index is 15.3. The second-order valence-electron chi connectivity index (χ2n) is 9.92. The van der Waals surface area contributed by atoms with Crippen molar-refractivity contribution >= 4 is 33.4 Å². The third-order valence-corrected chi connectivity index (χ3v) is 8.27. The average Bonchev–Trinajstić information content (AvgIpc) is 3.66. The first-order chi connectivity index (χ1) is 18.6. The van der Waals surface area contributed by atoms with Crippen LogP contribution in [0.5, 0.6) is 0 Å². The largest absolute Gasteiger partial charge is 0.335 e. The zero-order chi connectivity index (χ0) is 25.6. The minimum Gasteiger partial charge on any atom is -0.335 e. The Kier molecular flexibility index (Phi) is 5.74. The molecule has 1 aromatic carbocycles. The van der Waals surface area contributed by atoms with Crippen LogP contribution in [0.1, 0.15) is 29.7 Å².